The quantitative estimate of drug-likeness (QED) is 0.474. The van der Waals surface area contributed by atoms with Gasteiger partial charge in [-0.1, -0.05) is 30.0 Å². The zero-order valence-corrected chi connectivity index (χ0v) is 19.6. The van der Waals surface area contributed by atoms with Gasteiger partial charge in [0, 0.05) is 50.2 Å². The first-order valence-electron chi connectivity index (χ1n) is 10.8. The molecule has 0 N–H and O–H groups in total. The van der Waals surface area contributed by atoms with Crippen LogP contribution in [0.1, 0.15) is 18.9 Å². The van der Waals surface area contributed by atoms with Gasteiger partial charge < -0.3 is 4.90 Å². The van der Waals surface area contributed by atoms with Gasteiger partial charge in [-0.2, -0.15) is 4.31 Å². The van der Waals surface area contributed by atoms with Crippen LogP contribution in [-0.2, 0) is 14.8 Å². The Morgan fingerprint density at radius 2 is 1.76 bits per heavy atom. The molecule has 11 heteroatoms. The molecule has 0 unspecified atom stereocenters. The minimum atomic E-state index is -3.53. The summed E-state index contributed by atoms with van der Waals surface area (Å²) in [5.41, 5.74) is 0.908. The number of carbonyl (C=O) groups excluding carboxylic acids is 1. The maximum Gasteiger partial charge on any atom is 0.243 e. The topological polar surface area (TPSA) is 101 Å². The van der Waals surface area contributed by atoms with Gasteiger partial charge in [-0.3, -0.25) is 14.3 Å². The lowest BCUT2D eigenvalue weighted by Crippen LogP contribution is -2.50. The molecule has 3 heterocycles. The van der Waals surface area contributed by atoms with Gasteiger partial charge in [0.25, 0.3) is 0 Å². The van der Waals surface area contributed by atoms with Crippen LogP contribution in [0.25, 0.3) is 11.4 Å². The van der Waals surface area contributed by atoms with E-state index in [0.29, 0.717) is 19.1 Å². The van der Waals surface area contributed by atoms with Crippen molar-refractivity contribution in [2.75, 3.05) is 31.9 Å². The standard InChI is InChI=1S/C22H24N6O3S2/c29-20(26-11-13-27(14-12-26)33(30,31)19-6-2-1-3-7-19)16-32-22-25-24-21(28(22)18-8-9-18)17-5-4-10-23-15-17/h1-7,10,15,18H,8-9,11-14,16H2. The molecule has 172 valence electrons. The van der Waals surface area contributed by atoms with Crippen molar-refractivity contribution in [3.63, 3.8) is 0 Å². The van der Waals surface area contributed by atoms with Crippen molar-refractivity contribution in [1.82, 2.24) is 29.0 Å². The summed E-state index contributed by atoms with van der Waals surface area (Å²) in [6.07, 6.45) is 5.64. The van der Waals surface area contributed by atoms with Crippen LogP contribution in [0.2, 0.25) is 0 Å². The van der Waals surface area contributed by atoms with E-state index in [1.807, 2.05) is 12.1 Å². The number of thioether (sulfide) groups is 1. The highest BCUT2D eigenvalue weighted by atomic mass is 32.2. The predicted molar refractivity (Wildman–Crippen MR) is 124 cm³/mol. The molecule has 33 heavy (non-hydrogen) atoms. The van der Waals surface area contributed by atoms with Crippen LogP contribution < -0.4 is 0 Å². The highest BCUT2D eigenvalue weighted by Crippen LogP contribution is 2.41. The van der Waals surface area contributed by atoms with Gasteiger partial charge in [-0.25, -0.2) is 8.42 Å². The Kier molecular flexibility index (Phi) is 6.17. The van der Waals surface area contributed by atoms with E-state index in [2.05, 4.69) is 19.7 Å². The molecular weight excluding hydrogens is 460 g/mol. The number of rotatable bonds is 7. The molecule has 5 rings (SSSR count). The van der Waals surface area contributed by atoms with Crippen molar-refractivity contribution < 1.29 is 13.2 Å². The Morgan fingerprint density at radius 3 is 2.42 bits per heavy atom. The van der Waals surface area contributed by atoms with Crippen LogP contribution in [0.5, 0.6) is 0 Å². The monoisotopic (exact) mass is 484 g/mol. The van der Waals surface area contributed by atoms with Crippen molar-refractivity contribution in [2.45, 2.75) is 28.9 Å². The summed E-state index contributed by atoms with van der Waals surface area (Å²) in [4.78, 5) is 19.0. The van der Waals surface area contributed by atoms with Crippen LogP contribution in [0.3, 0.4) is 0 Å². The summed E-state index contributed by atoms with van der Waals surface area (Å²) in [5, 5.41) is 9.43. The summed E-state index contributed by atoms with van der Waals surface area (Å²) in [6.45, 7) is 1.33. The fraction of sp³-hybridized carbons (Fsp3) is 0.364. The molecule has 0 bridgehead atoms. The Bertz CT molecular complexity index is 1220. The Balaban J connectivity index is 1.20. The van der Waals surface area contributed by atoms with Crippen molar-refractivity contribution >= 4 is 27.7 Å². The third-order valence-electron chi connectivity index (χ3n) is 5.79. The van der Waals surface area contributed by atoms with Crippen LogP contribution in [0.15, 0.2) is 64.9 Å². The molecule has 1 aliphatic heterocycles. The van der Waals surface area contributed by atoms with E-state index in [9.17, 15) is 13.2 Å². The lowest BCUT2D eigenvalue weighted by molar-refractivity contribution is -0.129. The van der Waals surface area contributed by atoms with Gasteiger partial charge in [0.05, 0.1) is 10.6 Å². The third kappa shape index (κ3) is 4.66. The zero-order chi connectivity index (χ0) is 22.8. The molecule has 2 aliphatic rings. The van der Waals surface area contributed by atoms with E-state index >= 15 is 0 Å². The molecule has 2 aromatic heterocycles. The van der Waals surface area contributed by atoms with Crippen LogP contribution in [0.4, 0.5) is 0 Å². The van der Waals surface area contributed by atoms with Gasteiger partial charge >= 0.3 is 0 Å². The molecular formula is C22H24N6O3S2. The van der Waals surface area contributed by atoms with Gasteiger partial charge in [0.15, 0.2) is 11.0 Å². The molecule has 1 aliphatic carbocycles. The Hall–Kier alpha value is -2.76. The molecule has 1 aromatic carbocycles. The SMILES string of the molecule is O=C(CSc1nnc(-c2cccnc2)n1C1CC1)N1CCN(S(=O)(=O)c2ccccc2)CC1. The first-order valence-corrected chi connectivity index (χ1v) is 13.3. The smallest absolute Gasteiger partial charge is 0.243 e. The molecule has 9 nitrogen and oxygen atoms in total. The van der Waals surface area contributed by atoms with Crippen molar-refractivity contribution in [3.8, 4) is 11.4 Å². The lowest BCUT2D eigenvalue weighted by Gasteiger charge is -2.34. The second-order valence-electron chi connectivity index (χ2n) is 8.04. The summed E-state index contributed by atoms with van der Waals surface area (Å²) in [6, 6.07) is 12.6. The molecule has 0 atom stereocenters. The second kappa shape index (κ2) is 9.24. The highest BCUT2D eigenvalue weighted by molar-refractivity contribution is 7.99. The summed E-state index contributed by atoms with van der Waals surface area (Å²) in [7, 11) is -3.53. The summed E-state index contributed by atoms with van der Waals surface area (Å²) < 4.78 is 29.2. The maximum atomic E-state index is 12.8. The number of aromatic nitrogens is 4. The van der Waals surface area contributed by atoms with Gasteiger partial charge in [-0.15, -0.1) is 10.2 Å². The number of piperazine rings is 1. The fourth-order valence-electron chi connectivity index (χ4n) is 3.87. The zero-order valence-electron chi connectivity index (χ0n) is 17.9. The number of benzene rings is 1. The van der Waals surface area contributed by atoms with E-state index in [-0.39, 0.29) is 29.6 Å². The fourth-order valence-corrected chi connectivity index (χ4v) is 6.22. The summed E-state index contributed by atoms with van der Waals surface area (Å²) >= 11 is 1.38. The molecule has 0 spiro atoms. The van der Waals surface area contributed by atoms with Gasteiger partial charge in [-0.05, 0) is 37.1 Å². The van der Waals surface area contributed by atoms with E-state index in [4.69, 9.17) is 0 Å². The number of pyridine rings is 1. The van der Waals surface area contributed by atoms with Gasteiger partial charge in [0.2, 0.25) is 15.9 Å². The van der Waals surface area contributed by atoms with E-state index in [1.54, 1.807) is 47.6 Å². The summed E-state index contributed by atoms with van der Waals surface area (Å²) in [5.74, 6) is 0.994. The number of amides is 1. The first-order chi connectivity index (χ1) is 16.0. The normalized spacial score (nSPS) is 17.3. The predicted octanol–water partition coefficient (Wildman–Crippen LogP) is 2.30. The van der Waals surface area contributed by atoms with E-state index in [1.165, 1.54) is 16.1 Å². The van der Waals surface area contributed by atoms with Crippen LogP contribution in [-0.4, -0.2) is 75.2 Å². The molecule has 1 saturated heterocycles. The average molecular weight is 485 g/mol. The van der Waals surface area contributed by atoms with Crippen molar-refractivity contribution in [3.05, 3.63) is 54.9 Å². The van der Waals surface area contributed by atoms with Crippen LogP contribution >= 0.6 is 11.8 Å². The third-order valence-corrected chi connectivity index (χ3v) is 8.63. The molecule has 1 saturated carbocycles. The number of hydrogen-bond acceptors (Lipinski definition) is 7. The molecule has 3 aromatic rings. The van der Waals surface area contributed by atoms with Crippen LogP contribution in [0, 0.1) is 0 Å². The Labute approximate surface area is 196 Å². The largest absolute Gasteiger partial charge is 0.339 e. The van der Waals surface area contributed by atoms with E-state index in [0.717, 1.165) is 29.4 Å². The number of nitrogens with zero attached hydrogens (tertiary/aromatic N) is 6. The minimum Gasteiger partial charge on any atom is -0.339 e. The second-order valence-corrected chi connectivity index (χ2v) is 10.9. The van der Waals surface area contributed by atoms with E-state index < -0.39 is 10.0 Å². The molecule has 1 amide bonds. The Morgan fingerprint density at radius 1 is 1.00 bits per heavy atom. The number of hydrogen-bond donors (Lipinski definition) is 0. The maximum absolute atomic E-state index is 12.8. The van der Waals surface area contributed by atoms with Crippen molar-refractivity contribution in [2.24, 2.45) is 0 Å². The van der Waals surface area contributed by atoms with Crippen molar-refractivity contribution in [1.29, 1.82) is 0 Å². The first kappa shape index (κ1) is 22.1. The lowest BCUT2D eigenvalue weighted by atomic mass is 10.3. The molecule has 0 radical (unpaired) electrons. The number of carbonyl (C=O) groups is 1. The highest BCUT2D eigenvalue weighted by Gasteiger charge is 2.32. The van der Waals surface area contributed by atoms with Gasteiger partial charge in [0.1, 0.15) is 0 Å². The average Bonchev–Trinajstić information content (AvgIpc) is 3.62. The molecule has 2 fully saturated rings. The number of sulfonamides is 1. The minimum absolute atomic E-state index is 0.0231.